The summed E-state index contributed by atoms with van der Waals surface area (Å²) in [5.41, 5.74) is -0.303. The molecule has 0 aliphatic rings. The molecule has 0 heterocycles. The van der Waals surface area contributed by atoms with Crippen LogP contribution in [0.15, 0.2) is 12.2 Å². The van der Waals surface area contributed by atoms with E-state index in [-0.39, 0.29) is 57.0 Å². The van der Waals surface area contributed by atoms with Crippen LogP contribution < -0.4 is 0 Å². The molecule has 0 aliphatic carbocycles. The van der Waals surface area contributed by atoms with Gasteiger partial charge in [-0.2, -0.15) is 0 Å². The molecule has 1 radical (unpaired) electrons. The molecule has 2 N–H and O–H groups in total. The maximum Gasteiger partial charge on any atom is 0.331 e. The zero-order chi connectivity index (χ0) is 7.44. The van der Waals surface area contributed by atoms with E-state index in [1.807, 2.05) is 0 Å². The van der Waals surface area contributed by atoms with Crippen LogP contribution in [0.5, 0.6) is 0 Å². The zero-order valence-electron chi connectivity index (χ0n) is 5.63. The van der Waals surface area contributed by atoms with Crippen LogP contribution in [0.2, 0.25) is 0 Å². The molecule has 51 valence electrons. The maximum atomic E-state index is 9.87. The van der Waals surface area contributed by atoms with E-state index in [0.717, 1.165) is 0 Å². The summed E-state index contributed by atoms with van der Waals surface area (Å²) < 4.78 is 0. The number of carboxylic acid groups (broad SMARTS) is 2. The molecule has 0 aliphatic heterocycles. The fourth-order valence-electron chi connectivity index (χ4n) is 0.258. The molecule has 0 fully saturated rings. The van der Waals surface area contributed by atoms with Gasteiger partial charge in [-0.1, -0.05) is 6.58 Å². The Morgan fingerprint density at radius 1 is 1.30 bits per heavy atom. The molecular weight excluding hydrogens is 163 g/mol. The van der Waals surface area contributed by atoms with E-state index >= 15 is 0 Å². The molecule has 10 heavy (non-hydrogen) atoms. The van der Waals surface area contributed by atoms with Crippen molar-refractivity contribution in [3.8, 4) is 0 Å². The molecule has 5 heteroatoms. The van der Waals surface area contributed by atoms with Crippen molar-refractivity contribution < 1.29 is 19.8 Å². The van der Waals surface area contributed by atoms with E-state index in [4.69, 9.17) is 10.2 Å². The number of carbonyl (C=O) groups is 2. The van der Waals surface area contributed by atoms with Crippen LogP contribution in [0, 0.1) is 0 Å². The summed E-state index contributed by atoms with van der Waals surface area (Å²) in [6, 6.07) is 0. The Morgan fingerprint density at radius 3 is 1.80 bits per heavy atom. The third kappa shape index (κ3) is 6.44. The molecule has 0 atom stereocenters. The van der Waals surface area contributed by atoms with Gasteiger partial charge in [0, 0.05) is 57.0 Å². The van der Waals surface area contributed by atoms with Crippen LogP contribution in [0.1, 0.15) is 6.42 Å². The first-order valence-corrected chi connectivity index (χ1v) is 2.17. The molecule has 0 aromatic rings. The average molecular weight is 169 g/mol. The van der Waals surface area contributed by atoms with Crippen molar-refractivity contribution in [2.24, 2.45) is 0 Å². The summed E-state index contributed by atoms with van der Waals surface area (Å²) in [6.07, 6.45) is -0.505. The van der Waals surface area contributed by atoms with Crippen LogP contribution in [0.25, 0.3) is 0 Å². The Labute approximate surface area is 100 Å². The van der Waals surface area contributed by atoms with Gasteiger partial charge in [0.05, 0.1) is 6.42 Å². The molecule has 0 saturated carbocycles. The molecule has 0 bridgehead atoms. The molecule has 0 unspecified atom stereocenters. The number of hydrogen-bond donors (Lipinski definition) is 2. The van der Waals surface area contributed by atoms with E-state index in [1.54, 1.807) is 0 Å². The monoisotopic (exact) mass is 169 g/mol. The molecule has 0 aromatic heterocycles. The first-order valence-electron chi connectivity index (χ1n) is 2.17. The van der Waals surface area contributed by atoms with Gasteiger partial charge in [-0.25, -0.2) is 4.79 Å². The second-order valence-corrected chi connectivity index (χ2v) is 1.48. The van der Waals surface area contributed by atoms with Crippen molar-refractivity contribution in [3.63, 3.8) is 0 Å². The molecule has 0 saturated heterocycles. The topological polar surface area (TPSA) is 74.6 Å². The summed E-state index contributed by atoms with van der Waals surface area (Å²) in [5, 5.41) is 16.1. The van der Waals surface area contributed by atoms with Gasteiger partial charge in [0.2, 0.25) is 0 Å². The Morgan fingerprint density at radius 2 is 1.70 bits per heavy atom. The quantitative estimate of drug-likeness (QED) is 0.450. The fraction of sp³-hybridized carbons (Fsp3) is 0.200. The number of aliphatic carboxylic acids is 2. The smallest absolute Gasteiger partial charge is 0.331 e. The molecule has 0 spiro atoms. The van der Waals surface area contributed by atoms with Crippen molar-refractivity contribution in [2.75, 3.05) is 0 Å². The third-order valence-corrected chi connectivity index (χ3v) is 0.667. The standard InChI is InChI=1S/C5H6O4.K/c1-3(5(8)9)2-4(6)7;/h1-2H2,(H,6,7)(H,8,9);. The Hall–Kier alpha value is 0.316. The Balaban J connectivity index is 0. The first-order chi connectivity index (χ1) is 4.04. The van der Waals surface area contributed by atoms with Crippen molar-refractivity contribution in [1.82, 2.24) is 0 Å². The van der Waals surface area contributed by atoms with E-state index in [1.165, 1.54) is 0 Å². The van der Waals surface area contributed by atoms with Crippen molar-refractivity contribution in [3.05, 3.63) is 12.2 Å². The largest absolute Gasteiger partial charge is 0.481 e. The van der Waals surface area contributed by atoms with Crippen molar-refractivity contribution in [2.45, 2.75) is 6.42 Å². The van der Waals surface area contributed by atoms with Gasteiger partial charge in [-0.15, -0.1) is 0 Å². The molecule has 4 nitrogen and oxygen atoms in total. The molecule has 0 aromatic carbocycles. The van der Waals surface area contributed by atoms with Gasteiger partial charge in [-0.05, 0) is 0 Å². The maximum absolute atomic E-state index is 9.87. The minimum absolute atomic E-state index is 0. The predicted molar refractivity (Wildman–Crippen MR) is 34.8 cm³/mol. The van der Waals surface area contributed by atoms with Crippen LogP contribution >= 0.6 is 0 Å². The van der Waals surface area contributed by atoms with E-state index in [0.29, 0.717) is 0 Å². The fourth-order valence-corrected chi connectivity index (χ4v) is 0.258. The summed E-state index contributed by atoms with van der Waals surface area (Å²) in [5.74, 6) is -2.44. The van der Waals surface area contributed by atoms with Crippen molar-refractivity contribution >= 4 is 63.3 Å². The van der Waals surface area contributed by atoms with E-state index in [2.05, 4.69) is 6.58 Å². The minimum atomic E-state index is -1.27. The van der Waals surface area contributed by atoms with E-state index < -0.39 is 18.4 Å². The van der Waals surface area contributed by atoms with Gasteiger partial charge in [0.25, 0.3) is 0 Å². The van der Waals surface area contributed by atoms with Gasteiger partial charge in [-0.3, -0.25) is 4.79 Å². The number of rotatable bonds is 3. The van der Waals surface area contributed by atoms with Gasteiger partial charge < -0.3 is 10.2 Å². The second-order valence-electron chi connectivity index (χ2n) is 1.48. The Bertz CT molecular complexity index is 163. The van der Waals surface area contributed by atoms with Gasteiger partial charge in [0.1, 0.15) is 0 Å². The summed E-state index contributed by atoms with van der Waals surface area (Å²) in [4.78, 5) is 19.7. The summed E-state index contributed by atoms with van der Waals surface area (Å²) in [6.45, 7) is 3.01. The number of carboxylic acids is 2. The first kappa shape index (κ1) is 12.9. The van der Waals surface area contributed by atoms with Crippen LogP contribution in [-0.2, 0) is 9.59 Å². The number of hydrogen-bond acceptors (Lipinski definition) is 2. The third-order valence-electron chi connectivity index (χ3n) is 0.667. The molecule has 0 rings (SSSR count). The van der Waals surface area contributed by atoms with Crippen molar-refractivity contribution in [1.29, 1.82) is 0 Å². The molecule has 0 amide bonds. The average Bonchev–Trinajstić information content (AvgIpc) is 1.63. The summed E-state index contributed by atoms with van der Waals surface area (Å²) in [7, 11) is 0. The van der Waals surface area contributed by atoms with Crippen LogP contribution in [-0.4, -0.2) is 73.5 Å². The molecular formula is C5H6KO4. The van der Waals surface area contributed by atoms with Gasteiger partial charge >= 0.3 is 11.9 Å². The Kier molecular flexibility index (Phi) is 7.84. The van der Waals surface area contributed by atoms with Gasteiger partial charge in [0.15, 0.2) is 0 Å². The second kappa shape index (κ2) is 6.05. The van der Waals surface area contributed by atoms with Crippen LogP contribution in [0.3, 0.4) is 0 Å². The van der Waals surface area contributed by atoms with Crippen LogP contribution in [0.4, 0.5) is 0 Å². The predicted octanol–water partition coefficient (Wildman–Crippen LogP) is -0.279. The minimum Gasteiger partial charge on any atom is -0.481 e. The zero-order valence-corrected chi connectivity index (χ0v) is 8.75. The SMILES string of the molecule is C=C(CC(=O)O)C(=O)O.[K]. The summed E-state index contributed by atoms with van der Waals surface area (Å²) >= 11 is 0. The normalized spacial score (nSPS) is 7.60. The van der Waals surface area contributed by atoms with E-state index in [9.17, 15) is 9.59 Å².